The SMILES string of the molecule is CCNc1nc(CCN)cs1. The zero-order chi connectivity index (χ0) is 8.10. The molecule has 1 heterocycles. The molecule has 62 valence electrons. The topological polar surface area (TPSA) is 50.9 Å². The van der Waals surface area contributed by atoms with Gasteiger partial charge in [-0.15, -0.1) is 11.3 Å². The second-order valence-corrected chi connectivity index (χ2v) is 3.07. The summed E-state index contributed by atoms with van der Waals surface area (Å²) in [5, 5.41) is 6.20. The molecule has 0 fully saturated rings. The van der Waals surface area contributed by atoms with Gasteiger partial charge in [0.05, 0.1) is 5.69 Å². The van der Waals surface area contributed by atoms with Crippen molar-refractivity contribution in [2.75, 3.05) is 18.4 Å². The van der Waals surface area contributed by atoms with E-state index >= 15 is 0 Å². The van der Waals surface area contributed by atoms with Crippen LogP contribution in [0, 0.1) is 0 Å². The molecule has 0 atom stereocenters. The maximum atomic E-state index is 5.39. The van der Waals surface area contributed by atoms with Crippen LogP contribution in [-0.2, 0) is 6.42 Å². The average Bonchev–Trinajstić information content (AvgIpc) is 2.38. The van der Waals surface area contributed by atoms with Gasteiger partial charge in [0.25, 0.3) is 0 Å². The van der Waals surface area contributed by atoms with Crippen molar-refractivity contribution < 1.29 is 0 Å². The molecule has 0 aliphatic rings. The third-order valence-electron chi connectivity index (χ3n) is 1.28. The van der Waals surface area contributed by atoms with Gasteiger partial charge in [-0.25, -0.2) is 4.98 Å². The third kappa shape index (κ3) is 2.48. The molecule has 11 heavy (non-hydrogen) atoms. The van der Waals surface area contributed by atoms with Crippen LogP contribution in [0.25, 0.3) is 0 Å². The molecule has 4 heteroatoms. The normalized spacial score (nSPS) is 10.0. The molecule has 0 aliphatic carbocycles. The van der Waals surface area contributed by atoms with Gasteiger partial charge in [0.1, 0.15) is 0 Å². The Balaban J connectivity index is 2.51. The number of rotatable bonds is 4. The maximum Gasteiger partial charge on any atom is 0.182 e. The van der Waals surface area contributed by atoms with Crippen LogP contribution in [0.5, 0.6) is 0 Å². The van der Waals surface area contributed by atoms with E-state index < -0.39 is 0 Å². The summed E-state index contributed by atoms with van der Waals surface area (Å²) in [5.74, 6) is 0. The Morgan fingerprint density at radius 3 is 3.18 bits per heavy atom. The smallest absolute Gasteiger partial charge is 0.182 e. The lowest BCUT2D eigenvalue weighted by molar-refractivity contribution is 0.934. The van der Waals surface area contributed by atoms with Gasteiger partial charge in [0.2, 0.25) is 0 Å². The van der Waals surface area contributed by atoms with Crippen LogP contribution in [0.4, 0.5) is 5.13 Å². The van der Waals surface area contributed by atoms with Crippen molar-refractivity contribution in [2.24, 2.45) is 5.73 Å². The number of nitrogens with one attached hydrogen (secondary N) is 1. The first-order valence-corrected chi connectivity index (χ1v) is 4.63. The molecule has 0 radical (unpaired) electrons. The van der Waals surface area contributed by atoms with E-state index in [1.165, 1.54) is 0 Å². The fourth-order valence-electron chi connectivity index (χ4n) is 0.802. The molecular weight excluding hydrogens is 158 g/mol. The van der Waals surface area contributed by atoms with Crippen LogP contribution in [0.15, 0.2) is 5.38 Å². The highest BCUT2D eigenvalue weighted by Crippen LogP contribution is 2.14. The number of nitrogens with zero attached hydrogens (tertiary/aromatic N) is 1. The van der Waals surface area contributed by atoms with Gasteiger partial charge >= 0.3 is 0 Å². The Labute approximate surface area is 70.6 Å². The van der Waals surface area contributed by atoms with Crippen LogP contribution in [-0.4, -0.2) is 18.1 Å². The first kappa shape index (κ1) is 8.49. The van der Waals surface area contributed by atoms with Gasteiger partial charge < -0.3 is 11.1 Å². The van der Waals surface area contributed by atoms with Crippen LogP contribution < -0.4 is 11.1 Å². The summed E-state index contributed by atoms with van der Waals surface area (Å²) in [6, 6.07) is 0. The molecule has 3 nitrogen and oxygen atoms in total. The average molecular weight is 171 g/mol. The van der Waals surface area contributed by atoms with Crippen molar-refractivity contribution in [2.45, 2.75) is 13.3 Å². The summed E-state index contributed by atoms with van der Waals surface area (Å²) in [4.78, 5) is 4.32. The zero-order valence-electron chi connectivity index (χ0n) is 6.63. The molecule has 0 saturated heterocycles. The molecule has 1 aromatic rings. The summed E-state index contributed by atoms with van der Waals surface area (Å²) >= 11 is 1.64. The third-order valence-corrected chi connectivity index (χ3v) is 2.13. The first-order valence-electron chi connectivity index (χ1n) is 3.75. The molecule has 3 N–H and O–H groups in total. The summed E-state index contributed by atoms with van der Waals surface area (Å²) in [7, 11) is 0. The summed E-state index contributed by atoms with van der Waals surface area (Å²) in [5.41, 5.74) is 6.48. The predicted octanol–water partition coefficient (Wildman–Crippen LogP) is 1.08. The molecule has 0 saturated carbocycles. The molecule has 0 bridgehead atoms. The van der Waals surface area contributed by atoms with Crippen LogP contribution in [0.2, 0.25) is 0 Å². The van der Waals surface area contributed by atoms with E-state index in [0.717, 1.165) is 23.8 Å². The summed E-state index contributed by atoms with van der Waals surface area (Å²) < 4.78 is 0. The lowest BCUT2D eigenvalue weighted by Gasteiger charge is -1.93. The highest BCUT2D eigenvalue weighted by molar-refractivity contribution is 7.13. The molecule has 0 aliphatic heterocycles. The van der Waals surface area contributed by atoms with Crippen molar-refractivity contribution in [3.63, 3.8) is 0 Å². The van der Waals surface area contributed by atoms with E-state index in [1.807, 2.05) is 5.38 Å². The van der Waals surface area contributed by atoms with E-state index in [4.69, 9.17) is 5.73 Å². The summed E-state index contributed by atoms with van der Waals surface area (Å²) in [6.07, 6.45) is 0.877. The minimum absolute atomic E-state index is 0.676. The lowest BCUT2D eigenvalue weighted by atomic mass is 10.3. The van der Waals surface area contributed by atoms with Gasteiger partial charge in [0, 0.05) is 18.3 Å². The Morgan fingerprint density at radius 2 is 2.55 bits per heavy atom. The highest BCUT2D eigenvalue weighted by Gasteiger charge is 1.97. The summed E-state index contributed by atoms with van der Waals surface area (Å²) in [6.45, 7) is 3.66. The standard InChI is InChI=1S/C7H13N3S/c1-2-9-7-10-6(3-4-8)5-11-7/h5H,2-4,8H2,1H3,(H,9,10). The van der Waals surface area contributed by atoms with Gasteiger partial charge in [0.15, 0.2) is 5.13 Å². The van der Waals surface area contributed by atoms with E-state index in [9.17, 15) is 0 Å². The first-order chi connectivity index (χ1) is 5.36. The van der Waals surface area contributed by atoms with Crippen molar-refractivity contribution in [3.8, 4) is 0 Å². The second kappa shape index (κ2) is 4.31. The van der Waals surface area contributed by atoms with Crippen molar-refractivity contribution in [1.82, 2.24) is 4.98 Å². The van der Waals surface area contributed by atoms with E-state index in [-0.39, 0.29) is 0 Å². The number of hydrogen-bond donors (Lipinski definition) is 2. The van der Waals surface area contributed by atoms with Crippen LogP contribution >= 0.6 is 11.3 Å². The molecule has 0 aromatic carbocycles. The molecule has 1 rings (SSSR count). The Hall–Kier alpha value is -0.610. The number of aromatic nitrogens is 1. The zero-order valence-corrected chi connectivity index (χ0v) is 7.45. The predicted molar refractivity (Wildman–Crippen MR) is 49.0 cm³/mol. The van der Waals surface area contributed by atoms with E-state index in [0.29, 0.717) is 6.54 Å². The Bertz CT molecular complexity index is 189. The quantitative estimate of drug-likeness (QED) is 0.712. The second-order valence-electron chi connectivity index (χ2n) is 2.21. The number of hydrogen-bond acceptors (Lipinski definition) is 4. The van der Waals surface area contributed by atoms with E-state index in [1.54, 1.807) is 11.3 Å². The lowest BCUT2D eigenvalue weighted by Crippen LogP contribution is -2.03. The van der Waals surface area contributed by atoms with Gasteiger partial charge in [-0.1, -0.05) is 0 Å². The van der Waals surface area contributed by atoms with Gasteiger partial charge in [-0.05, 0) is 13.5 Å². The largest absolute Gasteiger partial charge is 0.362 e. The fourth-order valence-corrected chi connectivity index (χ4v) is 1.62. The minimum Gasteiger partial charge on any atom is -0.362 e. The van der Waals surface area contributed by atoms with Crippen molar-refractivity contribution in [1.29, 1.82) is 0 Å². The maximum absolute atomic E-state index is 5.39. The fraction of sp³-hybridized carbons (Fsp3) is 0.571. The number of anilines is 1. The van der Waals surface area contributed by atoms with Crippen LogP contribution in [0.3, 0.4) is 0 Å². The number of nitrogens with two attached hydrogens (primary N) is 1. The molecular formula is C7H13N3S. The van der Waals surface area contributed by atoms with E-state index in [2.05, 4.69) is 17.2 Å². The Kier molecular flexibility index (Phi) is 3.32. The van der Waals surface area contributed by atoms with Crippen molar-refractivity contribution >= 4 is 16.5 Å². The number of thiazole rings is 1. The van der Waals surface area contributed by atoms with Crippen molar-refractivity contribution in [3.05, 3.63) is 11.1 Å². The van der Waals surface area contributed by atoms with Crippen LogP contribution in [0.1, 0.15) is 12.6 Å². The van der Waals surface area contributed by atoms with Gasteiger partial charge in [-0.2, -0.15) is 0 Å². The molecule has 1 aromatic heterocycles. The van der Waals surface area contributed by atoms with Gasteiger partial charge in [-0.3, -0.25) is 0 Å². The monoisotopic (exact) mass is 171 g/mol. The molecule has 0 unspecified atom stereocenters. The highest BCUT2D eigenvalue weighted by atomic mass is 32.1. The molecule has 0 amide bonds. The Morgan fingerprint density at radius 1 is 1.73 bits per heavy atom. The molecule has 0 spiro atoms. The minimum atomic E-state index is 0.676.